The first kappa shape index (κ1) is 14.4. The number of aryl methyl sites for hydroxylation is 1. The fourth-order valence-corrected chi connectivity index (χ4v) is 2.98. The third kappa shape index (κ3) is 3.07. The molecule has 0 bridgehead atoms. The Balaban J connectivity index is 1.83. The lowest BCUT2D eigenvalue weighted by molar-refractivity contribution is -0.137. The van der Waals surface area contributed by atoms with Crippen LogP contribution >= 0.6 is 15.9 Å². The maximum absolute atomic E-state index is 12.6. The second-order valence-electron chi connectivity index (χ2n) is 5.16. The number of fused-ring (bicyclic) bond motifs is 1. The van der Waals surface area contributed by atoms with Gasteiger partial charge in [-0.15, -0.1) is 0 Å². The first-order valence-electron chi connectivity index (χ1n) is 6.65. The predicted molar refractivity (Wildman–Crippen MR) is 80.3 cm³/mol. The molecule has 0 aliphatic carbocycles. The number of hydrogen-bond donors (Lipinski definition) is 1. The van der Waals surface area contributed by atoms with Crippen molar-refractivity contribution in [3.05, 3.63) is 63.6 Å². The molecule has 1 aliphatic heterocycles. The molecule has 1 N–H and O–H groups in total. The largest absolute Gasteiger partial charge is 0.416 e. The summed E-state index contributed by atoms with van der Waals surface area (Å²) in [5, 5.41) is 3.40. The lowest BCUT2D eigenvalue weighted by atomic mass is 9.93. The van der Waals surface area contributed by atoms with E-state index in [4.69, 9.17) is 0 Å². The monoisotopic (exact) mass is 355 g/mol. The fraction of sp³-hybridized carbons (Fsp3) is 0.250. The van der Waals surface area contributed by atoms with Gasteiger partial charge in [-0.3, -0.25) is 0 Å². The van der Waals surface area contributed by atoms with Crippen molar-refractivity contribution >= 4 is 21.6 Å². The van der Waals surface area contributed by atoms with Crippen LogP contribution in [0.15, 0.2) is 46.9 Å². The normalized spacial score (nSPS) is 18.0. The highest BCUT2D eigenvalue weighted by Crippen LogP contribution is 2.35. The number of hydrogen-bond acceptors (Lipinski definition) is 1. The van der Waals surface area contributed by atoms with Gasteiger partial charge in [0.1, 0.15) is 0 Å². The lowest BCUT2D eigenvalue weighted by Gasteiger charge is -2.27. The second-order valence-corrected chi connectivity index (χ2v) is 6.07. The van der Waals surface area contributed by atoms with Gasteiger partial charge in [0.2, 0.25) is 0 Å². The molecule has 1 aliphatic rings. The first-order valence-corrected chi connectivity index (χ1v) is 7.45. The van der Waals surface area contributed by atoms with Crippen molar-refractivity contribution in [2.75, 3.05) is 5.32 Å². The molecule has 1 nitrogen and oxygen atoms in total. The molecule has 0 radical (unpaired) electrons. The highest BCUT2D eigenvalue weighted by Gasteiger charge is 2.30. The van der Waals surface area contributed by atoms with Crippen LogP contribution in [-0.4, -0.2) is 0 Å². The molecule has 21 heavy (non-hydrogen) atoms. The fourth-order valence-electron chi connectivity index (χ4n) is 2.62. The predicted octanol–water partition coefficient (Wildman–Crippen LogP) is 5.57. The van der Waals surface area contributed by atoms with Crippen LogP contribution in [0.1, 0.15) is 29.2 Å². The van der Waals surface area contributed by atoms with E-state index in [0.29, 0.717) is 0 Å². The van der Waals surface area contributed by atoms with Crippen LogP contribution in [0.25, 0.3) is 0 Å². The second kappa shape index (κ2) is 5.37. The van der Waals surface area contributed by atoms with Gasteiger partial charge in [-0.25, -0.2) is 0 Å². The number of rotatable bonds is 1. The first-order chi connectivity index (χ1) is 9.93. The topological polar surface area (TPSA) is 12.0 Å². The highest BCUT2D eigenvalue weighted by molar-refractivity contribution is 9.10. The summed E-state index contributed by atoms with van der Waals surface area (Å²) in [7, 11) is 0. The molecule has 3 rings (SSSR count). The summed E-state index contributed by atoms with van der Waals surface area (Å²) in [6.07, 6.45) is -2.49. The van der Waals surface area contributed by atoms with Crippen LogP contribution in [-0.2, 0) is 12.6 Å². The Labute approximate surface area is 129 Å². The van der Waals surface area contributed by atoms with E-state index in [-0.39, 0.29) is 6.04 Å². The van der Waals surface area contributed by atoms with Gasteiger partial charge in [-0.1, -0.05) is 34.1 Å². The van der Waals surface area contributed by atoms with Gasteiger partial charge < -0.3 is 5.32 Å². The van der Waals surface area contributed by atoms with Crippen LogP contribution in [0, 0.1) is 0 Å². The van der Waals surface area contributed by atoms with Crippen LogP contribution < -0.4 is 5.32 Å². The van der Waals surface area contributed by atoms with E-state index in [0.717, 1.165) is 40.7 Å². The van der Waals surface area contributed by atoms with Crippen LogP contribution in [0.4, 0.5) is 18.9 Å². The van der Waals surface area contributed by atoms with E-state index in [1.165, 1.54) is 5.56 Å². The molecule has 110 valence electrons. The maximum atomic E-state index is 12.6. The molecule has 0 spiro atoms. The quantitative estimate of drug-likeness (QED) is 0.705. The average molecular weight is 356 g/mol. The molecule has 0 fully saturated rings. The van der Waals surface area contributed by atoms with Crippen molar-refractivity contribution in [2.45, 2.75) is 25.1 Å². The molecule has 1 atom stereocenters. The summed E-state index contributed by atoms with van der Waals surface area (Å²) in [6, 6.07) is 11.5. The minimum atomic E-state index is -4.28. The number of benzene rings is 2. The zero-order valence-corrected chi connectivity index (χ0v) is 12.6. The van der Waals surface area contributed by atoms with E-state index in [9.17, 15) is 13.2 Å². The molecule has 0 saturated heterocycles. The van der Waals surface area contributed by atoms with Crippen molar-refractivity contribution in [3.8, 4) is 0 Å². The standard InChI is InChI=1S/C16H13BrF3N/c17-13-7-3-11-4-8-14(21-15(11)9-13)10-1-5-12(6-2-10)16(18,19)20/h1-3,5-7,9,14,21H,4,8H2. The molecule has 2 aromatic carbocycles. The average Bonchev–Trinajstić information content (AvgIpc) is 2.45. The summed E-state index contributed by atoms with van der Waals surface area (Å²) in [4.78, 5) is 0. The summed E-state index contributed by atoms with van der Waals surface area (Å²) in [5.41, 5.74) is 2.56. The third-order valence-corrected chi connectivity index (χ3v) is 4.24. The molecule has 2 aromatic rings. The van der Waals surface area contributed by atoms with E-state index < -0.39 is 11.7 Å². The zero-order valence-electron chi connectivity index (χ0n) is 11.0. The van der Waals surface area contributed by atoms with Crippen molar-refractivity contribution in [2.24, 2.45) is 0 Å². The van der Waals surface area contributed by atoms with Gasteiger partial charge >= 0.3 is 6.18 Å². The molecular weight excluding hydrogens is 343 g/mol. The molecule has 0 saturated carbocycles. The van der Waals surface area contributed by atoms with Crippen molar-refractivity contribution in [3.63, 3.8) is 0 Å². The number of nitrogens with one attached hydrogen (secondary N) is 1. The van der Waals surface area contributed by atoms with Gasteiger partial charge in [0.05, 0.1) is 11.6 Å². The Morgan fingerprint density at radius 1 is 1.05 bits per heavy atom. The van der Waals surface area contributed by atoms with Gasteiger partial charge in [-0.05, 0) is 48.2 Å². The van der Waals surface area contributed by atoms with Gasteiger partial charge in [0, 0.05) is 10.2 Å². The summed E-state index contributed by atoms with van der Waals surface area (Å²) in [5.74, 6) is 0. The van der Waals surface area contributed by atoms with E-state index in [2.05, 4.69) is 27.3 Å². The summed E-state index contributed by atoms with van der Waals surface area (Å²) < 4.78 is 38.7. The summed E-state index contributed by atoms with van der Waals surface area (Å²) in [6.45, 7) is 0. The van der Waals surface area contributed by atoms with Crippen LogP contribution in [0.2, 0.25) is 0 Å². The number of anilines is 1. The van der Waals surface area contributed by atoms with Crippen molar-refractivity contribution in [1.82, 2.24) is 0 Å². The van der Waals surface area contributed by atoms with E-state index in [1.807, 2.05) is 12.1 Å². The Bertz CT molecular complexity index is 650. The maximum Gasteiger partial charge on any atom is 0.416 e. The smallest absolute Gasteiger partial charge is 0.378 e. The minimum absolute atomic E-state index is 0.0501. The lowest BCUT2D eigenvalue weighted by Crippen LogP contribution is -2.18. The van der Waals surface area contributed by atoms with E-state index >= 15 is 0 Å². The van der Waals surface area contributed by atoms with Gasteiger partial charge in [-0.2, -0.15) is 13.2 Å². The Hall–Kier alpha value is -1.49. The minimum Gasteiger partial charge on any atom is -0.378 e. The van der Waals surface area contributed by atoms with Crippen molar-refractivity contribution in [1.29, 1.82) is 0 Å². The SMILES string of the molecule is FC(F)(F)c1ccc(C2CCc3ccc(Br)cc3N2)cc1. The number of halogens is 4. The van der Waals surface area contributed by atoms with Gasteiger partial charge in [0.15, 0.2) is 0 Å². The molecular formula is C16H13BrF3N. The van der Waals surface area contributed by atoms with Gasteiger partial charge in [0.25, 0.3) is 0 Å². The Morgan fingerprint density at radius 2 is 1.76 bits per heavy atom. The van der Waals surface area contributed by atoms with E-state index in [1.54, 1.807) is 12.1 Å². The molecule has 5 heteroatoms. The molecule has 0 aromatic heterocycles. The zero-order chi connectivity index (χ0) is 15.0. The van der Waals surface area contributed by atoms with Crippen LogP contribution in [0.3, 0.4) is 0 Å². The Morgan fingerprint density at radius 3 is 2.43 bits per heavy atom. The highest BCUT2D eigenvalue weighted by atomic mass is 79.9. The summed E-state index contributed by atoms with van der Waals surface area (Å²) >= 11 is 3.43. The van der Waals surface area contributed by atoms with Crippen LogP contribution in [0.5, 0.6) is 0 Å². The third-order valence-electron chi connectivity index (χ3n) is 3.74. The number of alkyl halides is 3. The molecule has 1 unspecified atom stereocenters. The Kier molecular flexibility index (Phi) is 3.69. The molecule has 0 amide bonds. The van der Waals surface area contributed by atoms with Crippen molar-refractivity contribution < 1.29 is 13.2 Å². The molecule has 1 heterocycles.